The van der Waals surface area contributed by atoms with Crippen LogP contribution in [-0.2, 0) is 4.79 Å². The summed E-state index contributed by atoms with van der Waals surface area (Å²) in [6.07, 6.45) is 1.27. The Hall–Kier alpha value is -3.15. The summed E-state index contributed by atoms with van der Waals surface area (Å²) in [7, 11) is 0. The Kier molecular flexibility index (Phi) is 4.33. The number of anilines is 1. The van der Waals surface area contributed by atoms with E-state index >= 15 is 0 Å². The first-order chi connectivity index (χ1) is 11.2. The van der Waals surface area contributed by atoms with Crippen molar-refractivity contribution >= 4 is 11.6 Å². The molecule has 23 heavy (non-hydrogen) atoms. The topological polar surface area (TPSA) is 77.2 Å². The maximum absolute atomic E-state index is 11.9. The summed E-state index contributed by atoms with van der Waals surface area (Å²) in [6, 6.07) is 14.7. The van der Waals surface area contributed by atoms with Crippen LogP contribution in [0.3, 0.4) is 0 Å². The number of nitrogens with zero attached hydrogens (tertiary/aromatic N) is 2. The fourth-order valence-electron chi connectivity index (χ4n) is 1.98. The standard InChI is InChI=1S/C17H15N3O3/c1-12-2-6-14(7-3-12)19-16(21)10-22-15-8-4-13(5-9-15)17-20-18-11-23-17/h2-9,11H,10H2,1H3,(H,19,21). The zero-order valence-electron chi connectivity index (χ0n) is 12.5. The van der Waals surface area contributed by atoms with Crippen LogP contribution < -0.4 is 10.1 Å². The van der Waals surface area contributed by atoms with E-state index in [4.69, 9.17) is 9.15 Å². The molecule has 6 heteroatoms. The van der Waals surface area contributed by atoms with Crippen molar-refractivity contribution in [1.29, 1.82) is 0 Å². The third-order valence-electron chi connectivity index (χ3n) is 3.17. The molecule has 0 aliphatic carbocycles. The molecular weight excluding hydrogens is 294 g/mol. The number of ether oxygens (including phenoxy) is 1. The highest BCUT2D eigenvalue weighted by atomic mass is 16.5. The van der Waals surface area contributed by atoms with E-state index in [1.165, 1.54) is 6.39 Å². The van der Waals surface area contributed by atoms with Gasteiger partial charge in [-0.05, 0) is 43.3 Å². The normalized spacial score (nSPS) is 10.3. The molecule has 116 valence electrons. The van der Waals surface area contributed by atoms with Crippen LogP contribution in [0.1, 0.15) is 5.56 Å². The van der Waals surface area contributed by atoms with E-state index in [1.54, 1.807) is 24.3 Å². The van der Waals surface area contributed by atoms with E-state index in [2.05, 4.69) is 15.5 Å². The molecule has 3 rings (SSSR count). The lowest BCUT2D eigenvalue weighted by atomic mass is 10.2. The molecule has 1 amide bonds. The molecule has 0 spiro atoms. The predicted octanol–water partition coefficient (Wildman–Crippen LogP) is 3.06. The number of carbonyl (C=O) groups is 1. The molecule has 0 bridgehead atoms. The van der Waals surface area contributed by atoms with Crippen molar-refractivity contribution in [2.75, 3.05) is 11.9 Å². The van der Waals surface area contributed by atoms with Gasteiger partial charge in [-0.15, -0.1) is 10.2 Å². The summed E-state index contributed by atoms with van der Waals surface area (Å²) in [5.41, 5.74) is 2.68. The van der Waals surface area contributed by atoms with Gasteiger partial charge in [0, 0.05) is 11.3 Å². The van der Waals surface area contributed by atoms with Gasteiger partial charge in [-0.3, -0.25) is 4.79 Å². The van der Waals surface area contributed by atoms with Crippen LogP contribution in [0.15, 0.2) is 59.3 Å². The molecule has 0 atom stereocenters. The first kappa shape index (κ1) is 14.8. The molecule has 3 aromatic rings. The number of aryl methyl sites for hydroxylation is 1. The highest BCUT2D eigenvalue weighted by Gasteiger charge is 2.06. The van der Waals surface area contributed by atoms with Gasteiger partial charge in [0.1, 0.15) is 5.75 Å². The maximum Gasteiger partial charge on any atom is 0.262 e. The molecule has 0 unspecified atom stereocenters. The van der Waals surface area contributed by atoms with Crippen molar-refractivity contribution in [3.8, 4) is 17.2 Å². The maximum atomic E-state index is 11.9. The highest BCUT2D eigenvalue weighted by molar-refractivity contribution is 5.91. The van der Waals surface area contributed by atoms with Gasteiger partial charge in [-0.1, -0.05) is 17.7 Å². The second-order valence-electron chi connectivity index (χ2n) is 4.97. The van der Waals surface area contributed by atoms with Gasteiger partial charge in [0.2, 0.25) is 12.3 Å². The van der Waals surface area contributed by atoms with Gasteiger partial charge in [-0.25, -0.2) is 0 Å². The smallest absolute Gasteiger partial charge is 0.262 e. The summed E-state index contributed by atoms with van der Waals surface area (Å²) in [5.74, 6) is 0.816. The van der Waals surface area contributed by atoms with E-state index < -0.39 is 0 Å². The summed E-state index contributed by atoms with van der Waals surface area (Å²) < 4.78 is 10.6. The first-order valence-corrected chi connectivity index (χ1v) is 7.06. The molecule has 0 fully saturated rings. The van der Waals surface area contributed by atoms with Gasteiger partial charge >= 0.3 is 0 Å². The molecule has 0 aliphatic rings. The summed E-state index contributed by atoms with van der Waals surface area (Å²) in [5, 5.41) is 10.2. The van der Waals surface area contributed by atoms with E-state index in [-0.39, 0.29) is 12.5 Å². The lowest BCUT2D eigenvalue weighted by Gasteiger charge is -2.08. The predicted molar refractivity (Wildman–Crippen MR) is 85.0 cm³/mol. The summed E-state index contributed by atoms with van der Waals surface area (Å²) in [4.78, 5) is 11.9. The zero-order chi connectivity index (χ0) is 16.1. The minimum atomic E-state index is -0.213. The van der Waals surface area contributed by atoms with Gasteiger partial charge < -0.3 is 14.5 Å². The van der Waals surface area contributed by atoms with Crippen molar-refractivity contribution in [3.63, 3.8) is 0 Å². The minimum Gasteiger partial charge on any atom is -0.484 e. The summed E-state index contributed by atoms with van der Waals surface area (Å²) >= 11 is 0. The first-order valence-electron chi connectivity index (χ1n) is 7.06. The largest absolute Gasteiger partial charge is 0.484 e. The number of aromatic nitrogens is 2. The number of rotatable bonds is 5. The van der Waals surface area contributed by atoms with E-state index in [1.807, 2.05) is 31.2 Å². The molecule has 0 saturated heterocycles. The van der Waals surface area contributed by atoms with Gasteiger partial charge in [0.15, 0.2) is 6.61 Å². The molecular formula is C17H15N3O3. The minimum absolute atomic E-state index is 0.0617. The van der Waals surface area contributed by atoms with Crippen LogP contribution in [0, 0.1) is 6.92 Å². The Bertz CT molecular complexity index is 766. The quantitative estimate of drug-likeness (QED) is 0.783. The third kappa shape index (κ3) is 3.94. The Morgan fingerprint density at radius 2 is 1.87 bits per heavy atom. The SMILES string of the molecule is Cc1ccc(NC(=O)COc2ccc(-c3nnco3)cc2)cc1. The lowest BCUT2D eigenvalue weighted by molar-refractivity contribution is -0.118. The van der Waals surface area contributed by atoms with Crippen LogP contribution in [-0.4, -0.2) is 22.7 Å². The Labute approximate surface area is 133 Å². The molecule has 0 saturated carbocycles. The number of benzene rings is 2. The van der Waals surface area contributed by atoms with Crippen LogP contribution in [0.25, 0.3) is 11.5 Å². The van der Waals surface area contributed by atoms with Crippen molar-refractivity contribution in [2.45, 2.75) is 6.92 Å². The lowest BCUT2D eigenvalue weighted by Crippen LogP contribution is -2.20. The monoisotopic (exact) mass is 309 g/mol. The van der Waals surface area contributed by atoms with Crippen LogP contribution >= 0.6 is 0 Å². The zero-order valence-corrected chi connectivity index (χ0v) is 12.5. The molecule has 0 aliphatic heterocycles. The van der Waals surface area contributed by atoms with Crippen molar-refractivity contribution in [3.05, 3.63) is 60.5 Å². The number of amides is 1. The number of carbonyl (C=O) groups excluding carboxylic acids is 1. The van der Waals surface area contributed by atoms with Crippen LogP contribution in [0.5, 0.6) is 5.75 Å². The van der Waals surface area contributed by atoms with Crippen molar-refractivity contribution < 1.29 is 13.9 Å². The van der Waals surface area contributed by atoms with Gasteiger partial charge in [0.05, 0.1) is 0 Å². The van der Waals surface area contributed by atoms with E-state index in [0.717, 1.165) is 16.8 Å². The fraction of sp³-hybridized carbons (Fsp3) is 0.118. The number of nitrogens with one attached hydrogen (secondary N) is 1. The van der Waals surface area contributed by atoms with Gasteiger partial charge in [0.25, 0.3) is 5.91 Å². The average molecular weight is 309 g/mol. The number of hydrogen-bond donors (Lipinski definition) is 1. The van der Waals surface area contributed by atoms with E-state index in [0.29, 0.717) is 11.6 Å². The number of hydrogen-bond acceptors (Lipinski definition) is 5. The molecule has 6 nitrogen and oxygen atoms in total. The fourth-order valence-corrected chi connectivity index (χ4v) is 1.98. The molecule has 1 N–H and O–H groups in total. The molecule has 1 heterocycles. The Morgan fingerprint density at radius 1 is 1.13 bits per heavy atom. The van der Waals surface area contributed by atoms with Crippen molar-refractivity contribution in [2.24, 2.45) is 0 Å². The van der Waals surface area contributed by atoms with E-state index in [9.17, 15) is 4.79 Å². The summed E-state index contributed by atoms with van der Waals surface area (Å²) in [6.45, 7) is 1.93. The van der Waals surface area contributed by atoms with Crippen LogP contribution in [0.2, 0.25) is 0 Å². The van der Waals surface area contributed by atoms with Crippen molar-refractivity contribution in [1.82, 2.24) is 10.2 Å². The Morgan fingerprint density at radius 3 is 2.52 bits per heavy atom. The van der Waals surface area contributed by atoms with Crippen LogP contribution in [0.4, 0.5) is 5.69 Å². The third-order valence-corrected chi connectivity index (χ3v) is 3.17. The second-order valence-corrected chi connectivity index (χ2v) is 4.97. The Balaban J connectivity index is 1.53. The van der Waals surface area contributed by atoms with Gasteiger partial charge in [-0.2, -0.15) is 0 Å². The molecule has 1 aromatic heterocycles. The highest BCUT2D eigenvalue weighted by Crippen LogP contribution is 2.20. The molecule has 2 aromatic carbocycles. The average Bonchev–Trinajstić information content (AvgIpc) is 3.10. The molecule has 0 radical (unpaired) electrons. The second kappa shape index (κ2) is 6.74.